The van der Waals surface area contributed by atoms with Gasteiger partial charge in [0.1, 0.15) is 5.82 Å². The van der Waals surface area contributed by atoms with E-state index in [0.717, 1.165) is 5.56 Å². The number of rotatable bonds is 6. The summed E-state index contributed by atoms with van der Waals surface area (Å²) in [6, 6.07) is 6.26. The minimum Gasteiger partial charge on any atom is -0.463 e. The molecule has 20 heavy (non-hydrogen) atoms. The number of amides is 1. The highest BCUT2D eigenvalue weighted by atomic mass is 19.1. The van der Waals surface area contributed by atoms with Gasteiger partial charge in [0, 0.05) is 6.42 Å². The summed E-state index contributed by atoms with van der Waals surface area (Å²) in [4.78, 5) is 15.6. The molecule has 0 unspecified atom stereocenters. The van der Waals surface area contributed by atoms with Crippen LogP contribution in [0.25, 0.3) is 0 Å². The lowest BCUT2D eigenvalue weighted by atomic mass is 10.1. The fourth-order valence-corrected chi connectivity index (χ4v) is 1.60. The molecule has 1 heterocycles. The van der Waals surface area contributed by atoms with Crippen molar-refractivity contribution in [2.24, 2.45) is 0 Å². The second-order valence-electron chi connectivity index (χ2n) is 4.07. The number of aromatic nitrogens is 3. The highest BCUT2D eigenvalue weighted by Crippen LogP contribution is 2.08. The van der Waals surface area contributed by atoms with Crippen molar-refractivity contribution in [2.75, 3.05) is 11.9 Å². The monoisotopic (exact) mass is 278 g/mol. The molecule has 2 aromatic rings. The molecule has 0 saturated carbocycles. The van der Waals surface area contributed by atoms with Gasteiger partial charge in [-0.2, -0.15) is 4.98 Å². The van der Waals surface area contributed by atoms with Crippen LogP contribution in [0.3, 0.4) is 0 Å². The predicted octanol–water partition coefficient (Wildman–Crippen LogP) is 1.91. The summed E-state index contributed by atoms with van der Waals surface area (Å²) in [6.07, 6.45) is 0.800. The van der Waals surface area contributed by atoms with E-state index in [0.29, 0.717) is 13.0 Å². The van der Waals surface area contributed by atoms with E-state index >= 15 is 0 Å². The lowest BCUT2D eigenvalue weighted by molar-refractivity contribution is -0.116. The van der Waals surface area contributed by atoms with Crippen LogP contribution in [0.1, 0.15) is 18.9 Å². The molecule has 0 aliphatic carbocycles. The standard InChI is InChI=1S/C13H15FN4O2/c1-2-20-13-16-12(17-18-13)15-11(19)8-5-9-3-6-10(14)7-4-9/h3-4,6-7H,2,5,8H2,1H3,(H2,15,16,17,18,19). The zero-order valence-electron chi connectivity index (χ0n) is 11.0. The highest BCUT2D eigenvalue weighted by molar-refractivity contribution is 5.89. The molecule has 6 nitrogen and oxygen atoms in total. The van der Waals surface area contributed by atoms with Gasteiger partial charge in [-0.05, 0) is 31.0 Å². The van der Waals surface area contributed by atoms with Crippen LogP contribution >= 0.6 is 0 Å². The van der Waals surface area contributed by atoms with Crippen molar-refractivity contribution in [1.82, 2.24) is 15.2 Å². The molecule has 0 bridgehead atoms. The van der Waals surface area contributed by atoms with Crippen LogP contribution in [0.15, 0.2) is 24.3 Å². The highest BCUT2D eigenvalue weighted by Gasteiger charge is 2.08. The Morgan fingerprint density at radius 3 is 2.85 bits per heavy atom. The molecule has 0 spiro atoms. The lowest BCUT2D eigenvalue weighted by Gasteiger charge is -2.02. The Labute approximate surface area is 115 Å². The number of benzene rings is 1. The van der Waals surface area contributed by atoms with E-state index in [1.54, 1.807) is 12.1 Å². The molecule has 2 N–H and O–H groups in total. The second-order valence-corrected chi connectivity index (χ2v) is 4.07. The molecule has 0 aliphatic heterocycles. The van der Waals surface area contributed by atoms with Crippen molar-refractivity contribution in [1.29, 1.82) is 0 Å². The number of H-pyrrole nitrogens is 1. The van der Waals surface area contributed by atoms with E-state index in [4.69, 9.17) is 4.74 Å². The van der Waals surface area contributed by atoms with Crippen LogP contribution in [0, 0.1) is 5.82 Å². The molecule has 2 rings (SSSR count). The van der Waals surface area contributed by atoms with Crippen molar-refractivity contribution in [3.8, 4) is 6.01 Å². The van der Waals surface area contributed by atoms with Crippen LogP contribution in [0.4, 0.5) is 10.3 Å². The molecule has 1 aromatic carbocycles. The zero-order chi connectivity index (χ0) is 14.4. The van der Waals surface area contributed by atoms with Gasteiger partial charge in [-0.1, -0.05) is 12.1 Å². The summed E-state index contributed by atoms with van der Waals surface area (Å²) < 4.78 is 17.8. The third kappa shape index (κ3) is 4.04. The predicted molar refractivity (Wildman–Crippen MR) is 70.9 cm³/mol. The van der Waals surface area contributed by atoms with E-state index in [2.05, 4.69) is 20.5 Å². The van der Waals surface area contributed by atoms with Crippen LogP contribution in [0.2, 0.25) is 0 Å². The van der Waals surface area contributed by atoms with Crippen LogP contribution in [-0.2, 0) is 11.2 Å². The number of hydrogen-bond donors (Lipinski definition) is 2. The van der Waals surface area contributed by atoms with Crippen molar-refractivity contribution >= 4 is 11.9 Å². The average molecular weight is 278 g/mol. The molecule has 1 amide bonds. The Morgan fingerprint density at radius 1 is 1.40 bits per heavy atom. The SMILES string of the molecule is CCOc1n[nH]c(NC(=O)CCc2ccc(F)cc2)n1. The van der Waals surface area contributed by atoms with Gasteiger partial charge in [0.25, 0.3) is 0 Å². The molecule has 0 atom stereocenters. The summed E-state index contributed by atoms with van der Waals surface area (Å²) in [5.74, 6) is -0.241. The van der Waals surface area contributed by atoms with E-state index in [1.807, 2.05) is 6.92 Å². The first-order valence-corrected chi connectivity index (χ1v) is 6.27. The van der Waals surface area contributed by atoms with E-state index < -0.39 is 0 Å². The third-order valence-electron chi connectivity index (χ3n) is 2.55. The molecular weight excluding hydrogens is 263 g/mol. The van der Waals surface area contributed by atoms with E-state index in [-0.39, 0.29) is 30.1 Å². The number of carbonyl (C=O) groups is 1. The number of ether oxygens (including phenoxy) is 1. The van der Waals surface area contributed by atoms with Crippen LogP contribution < -0.4 is 10.1 Å². The van der Waals surface area contributed by atoms with Crippen molar-refractivity contribution in [3.63, 3.8) is 0 Å². The number of carbonyl (C=O) groups excluding carboxylic acids is 1. The first kappa shape index (κ1) is 14.0. The molecule has 0 radical (unpaired) electrons. The molecule has 106 valence electrons. The Hall–Kier alpha value is -2.44. The first-order valence-electron chi connectivity index (χ1n) is 6.27. The van der Waals surface area contributed by atoms with Crippen molar-refractivity contribution in [2.45, 2.75) is 19.8 Å². The second kappa shape index (κ2) is 6.65. The van der Waals surface area contributed by atoms with Gasteiger partial charge in [-0.15, -0.1) is 5.10 Å². The summed E-state index contributed by atoms with van der Waals surface area (Å²) >= 11 is 0. The maximum atomic E-state index is 12.7. The lowest BCUT2D eigenvalue weighted by Crippen LogP contribution is -2.13. The normalized spacial score (nSPS) is 10.3. The Morgan fingerprint density at radius 2 is 2.15 bits per heavy atom. The molecule has 0 saturated heterocycles. The molecule has 0 aliphatic rings. The number of aromatic amines is 1. The number of anilines is 1. The minimum absolute atomic E-state index is 0.196. The quantitative estimate of drug-likeness (QED) is 0.846. The van der Waals surface area contributed by atoms with Gasteiger partial charge in [0.2, 0.25) is 11.9 Å². The number of aryl methyl sites for hydroxylation is 1. The molecule has 0 fully saturated rings. The summed E-state index contributed by atoms with van der Waals surface area (Å²) in [5, 5.41) is 8.91. The smallest absolute Gasteiger partial charge is 0.337 e. The molecular formula is C13H15FN4O2. The number of hydrogen-bond acceptors (Lipinski definition) is 4. The minimum atomic E-state index is -0.289. The third-order valence-corrected chi connectivity index (χ3v) is 2.55. The number of halogens is 1. The topological polar surface area (TPSA) is 79.9 Å². The van der Waals surface area contributed by atoms with Gasteiger partial charge in [-0.25, -0.2) is 9.49 Å². The first-order chi connectivity index (χ1) is 9.67. The van der Waals surface area contributed by atoms with Gasteiger partial charge >= 0.3 is 6.01 Å². The van der Waals surface area contributed by atoms with Crippen LogP contribution in [-0.4, -0.2) is 27.7 Å². The maximum Gasteiger partial charge on any atom is 0.337 e. The Kier molecular flexibility index (Phi) is 4.65. The van der Waals surface area contributed by atoms with Crippen molar-refractivity contribution in [3.05, 3.63) is 35.6 Å². The van der Waals surface area contributed by atoms with Gasteiger partial charge in [0.15, 0.2) is 0 Å². The van der Waals surface area contributed by atoms with E-state index in [1.165, 1.54) is 12.1 Å². The Bertz CT molecular complexity index is 568. The fraction of sp³-hybridized carbons (Fsp3) is 0.308. The van der Waals surface area contributed by atoms with Gasteiger partial charge < -0.3 is 4.74 Å². The number of nitrogens with zero attached hydrogens (tertiary/aromatic N) is 2. The van der Waals surface area contributed by atoms with Crippen LogP contribution in [0.5, 0.6) is 6.01 Å². The largest absolute Gasteiger partial charge is 0.463 e. The number of nitrogens with one attached hydrogen (secondary N) is 2. The van der Waals surface area contributed by atoms with Crippen molar-refractivity contribution < 1.29 is 13.9 Å². The Balaban J connectivity index is 1.81. The molecule has 7 heteroatoms. The summed E-state index contributed by atoms with van der Waals surface area (Å²) in [5.41, 5.74) is 0.897. The maximum absolute atomic E-state index is 12.7. The van der Waals surface area contributed by atoms with E-state index in [9.17, 15) is 9.18 Å². The average Bonchev–Trinajstić information content (AvgIpc) is 2.86. The summed E-state index contributed by atoms with van der Waals surface area (Å²) in [7, 11) is 0. The summed E-state index contributed by atoms with van der Waals surface area (Å²) in [6.45, 7) is 2.27. The van der Waals surface area contributed by atoms with Gasteiger partial charge in [0.05, 0.1) is 6.61 Å². The molecule has 1 aromatic heterocycles. The van der Waals surface area contributed by atoms with Gasteiger partial charge in [-0.3, -0.25) is 10.1 Å². The fourth-order valence-electron chi connectivity index (χ4n) is 1.60. The zero-order valence-corrected chi connectivity index (χ0v) is 11.0.